The van der Waals surface area contributed by atoms with Gasteiger partial charge >= 0.3 is 0 Å². The molecule has 144 valence electrons. The van der Waals surface area contributed by atoms with Crippen LogP contribution in [0.2, 0.25) is 0 Å². The van der Waals surface area contributed by atoms with Crippen molar-refractivity contribution in [1.82, 2.24) is 34.9 Å². The molecule has 27 heavy (non-hydrogen) atoms. The molecule has 2 aliphatic rings. The average molecular weight is 369 g/mol. The molecule has 0 unspecified atom stereocenters. The Morgan fingerprint density at radius 1 is 1.04 bits per heavy atom. The van der Waals surface area contributed by atoms with Crippen LogP contribution in [0.1, 0.15) is 30.9 Å². The van der Waals surface area contributed by atoms with E-state index in [9.17, 15) is 0 Å². The number of nitrogens with zero attached hydrogens (tertiary/aromatic N) is 8. The Balaban J connectivity index is 1.33. The van der Waals surface area contributed by atoms with Gasteiger partial charge in [0.1, 0.15) is 5.82 Å². The van der Waals surface area contributed by atoms with Crippen LogP contribution in [0, 0.1) is 0 Å². The summed E-state index contributed by atoms with van der Waals surface area (Å²) in [5, 5.41) is 12.2. The Hall–Kier alpha value is -2.71. The summed E-state index contributed by atoms with van der Waals surface area (Å²) in [7, 11) is 1.83. The lowest BCUT2D eigenvalue weighted by Crippen LogP contribution is -2.52. The average Bonchev–Trinajstić information content (AvgIpc) is 2.96. The summed E-state index contributed by atoms with van der Waals surface area (Å²) in [6, 6.07) is 1.84. The highest BCUT2D eigenvalue weighted by Gasteiger charge is 2.22. The smallest absolute Gasteiger partial charge is 0.225 e. The number of aliphatic imine (C=N–C) groups is 1. The fourth-order valence-electron chi connectivity index (χ4n) is 3.74. The predicted octanol–water partition coefficient (Wildman–Crippen LogP) is 0.692. The first-order valence-electron chi connectivity index (χ1n) is 9.73. The molecule has 0 spiro atoms. The van der Waals surface area contributed by atoms with Gasteiger partial charge in [-0.25, -0.2) is 9.97 Å². The monoisotopic (exact) mass is 369 g/mol. The third kappa shape index (κ3) is 4.01. The second-order valence-electron chi connectivity index (χ2n) is 6.92. The van der Waals surface area contributed by atoms with E-state index < -0.39 is 0 Å². The van der Waals surface area contributed by atoms with Gasteiger partial charge in [-0.15, -0.1) is 10.2 Å². The lowest BCUT2D eigenvalue weighted by Gasteiger charge is -2.36. The minimum absolute atomic E-state index is 0.654. The Morgan fingerprint density at radius 2 is 1.85 bits per heavy atom. The zero-order chi connectivity index (χ0) is 18.5. The molecule has 2 aromatic heterocycles. The van der Waals surface area contributed by atoms with E-state index in [0.717, 1.165) is 62.7 Å². The summed E-state index contributed by atoms with van der Waals surface area (Å²) >= 11 is 0. The number of hydrogen-bond acceptors (Lipinski definition) is 6. The molecule has 1 fully saturated rings. The number of piperazine rings is 1. The Labute approximate surface area is 159 Å². The third-order valence-corrected chi connectivity index (χ3v) is 5.22. The Bertz CT molecular complexity index is 762. The minimum atomic E-state index is 0.654. The lowest BCUT2D eigenvalue weighted by atomic mass is 10.2. The Kier molecular flexibility index (Phi) is 5.45. The van der Waals surface area contributed by atoms with Crippen molar-refractivity contribution in [3.63, 3.8) is 0 Å². The van der Waals surface area contributed by atoms with Gasteiger partial charge in [0.25, 0.3) is 0 Å². The van der Waals surface area contributed by atoms with Crippen LogP contribution in [-0.4, -0.2) is 68.8 Å². The van der Waals surface area contributed by atoms with E-state index in [2.05, 4.69) is 44.8 Å². The van der Waals surface area contributed by atoms with Gasteiger partial charge in [-0.2, -0.15) is 0 Å². The first kappa shape index (κ1) is 17.7. The number of anilines is 1. The Morgan fingerprint density at radius 3 is 2.63 bits per heavy atom. The van der Waals surface area contributed by atoms with Gasteiger partial charge in [-0.05, 0) is 18.9 Å². The van der Waals surface area contributed by atoms with Gasteiger partial charge in [-0.3, -0.25) is 4.99 Å². The van der Waals surface area contributed by atoms with Crippen LogP contribution in [-0.2, 0) is 19.5 Å². The summed E-state index contributed by atoms with van der Waals surface area (Å²) in [5.74, 6) is 3.83. The molecular formula is C18H27N9. The second-order valence-corrected chi connectivity index (χ2v) is 6.92. The maximum Gasteiger partial charge on any atom is 0.225 e. The van der Waals surface area contributed by atoms with Crippen molar-refractivity contribution in [3.05, 3.63) is 30.1 Å². The van der Waals surface area contributed by atoms with E-state index in [-0.39, 0.29) is 0 Å². The third-order valence-electron chi connectivity index (χ3n) is 5.22. The summed E-state index contributed by atoms with van der Waals surface area (Å²) in [6.45, 7) is 5.21. The van der Waals surface area contributed by atoms with Crippen LogP contribution in [0.15, 0.2) is 23.5 Å². The molecule has 0 bridgehead atoms. The van der Waals surface area contributed by atoms with Crippen molar-refractivity contribution < 1.29 is 0 Å². The first-order valence-corrected chi connectivity index (χ1v) is 9.73. The van der Waals surface area contributed by atoms with Gasteiger partial charge in [-0.1, -0.05) is 6.42 Å². The van der Waals surface area contributed by atoms with E-state index in [0.29, 0.717) is 6.54 Å². The van der Waals surface area contributed by atoms with Crippen LogP contribution in [0.4, 0.5) is 5.95 Å². The van der Waals surface area contributed by atoms with Gasteiger partial charge in [0.15, 0.2) is 11.8 Å². The number of aryl methyl sites for hydroxylation is 1. The largest absolute Gasteiger partial charge is 0.349 e. The molecular weight excluding hydrogens is 342 g/mol. The predicted molar refractivity (Wildman–Crippen MR) is 104 cm³/mol. The zero-order valence-electron chi connectivity index (χ0n) is 15.9. The fraction of sp³-hybridized carbons (Fsp3) is 0.611. The molecule has 4 rings (SSSR count). The van der Waals surface area contributed by atoms with Gasteiger partial charge in [0.05, 0.1) is 6.54 Å². The summed E-state index contributed by atoms with van der Waals surface area (Å²) < 4.78 is 2.28. The van der Waals surface area contributed by atoms with Crippen LogP contribution in [0.25, 0.3) is 0 Å². The number of guanidine groups is 1. The highest BCUT2D eigenvalue weighted by Crippen LogP contribution is 2.14. The number of nitrogens with one attached hydrogen (secondary N) is 1. The molecule has 0 amide bonds. The van der Waals surface area contributed by atoms with E-state index in [1.165, 1.54) is 19.3 Å². The zero-order valence-corrected chi connectivity index (χ0v) is 15.9. The molecule has 2 aromatic rings. The number of fused-ring (bicyclic) bond motifs is 1. The molecule has 9 heteroatoms. The molecule has 9 nitrogen and oxygen atoms in total. The van der Waals surface area contributed by atoms with Crippen molar-refractivity contribution in [2.24, 2.45) is 4.99 Å². The fourth-order valence-corrected chi connectivity index (χ4v) is 3.74. The van der Waals surface area contributed by atoms with Gasteiger partial charge in [0, 0.05) is 58.6 Å². The standard InChI is InChI=1S/C18H27N9/c1-19-17(22-14-16-24-23-15-6-3-2-4-9-27(15)16)25-10-12-26(13-11-25)18-20-7-5-8-21-18/h5,7-8H,2-4,6,9-14H2,1H3,(H,19,22). The highest BCUT2D eigenvalue weighted by atomic mass is 15.4. The summed E-state index contributed by atoms with van der Waals surface area (Å²) in [6.07, 6.45) is 8.30. The molecule has 0 aromatic carbocycles. The number of hydrogen-bond donors (Lipinski definition) is 1. The van der Waals surface area contributed by atoms with Crippen molar-refractivity contribution in [3.8, 4) is 0 Å². The van der Waals surface area contributed by atoms with Crippen LogP contribution in [0.5, 0.6) is 0 Å². The van der Waals surface area contributed by atoms with Crippen molar-refractivity contribution >= 4 is 11.9 Å². The van der Waals surface area contributed by atoms with E-state index in [1.807, 2.05) is 13.1 Å². The summed E-state index contributed by atoms with van der Waals surface area (Å²) in [4.78, 5) is 17.6. The highest BCUT2D eigenvalue weighted by molar-refractivity contribution is 5.80. The number of rotatable bonds is 3. The van der Waals surface area contributed by atoms with Gasteiger partial charge < -0.3 is 19.7 Å². The second kappa shape index (κ2) is 8.32. The SMILES string of the molecule is CN=C(NCc1nnc2n1CCCCC2)N1CCN(c2ncccn2)CC1. The molecule has 0 radical (unpaired) electrons. The molecule has 1 saturated heterocycles. The molecule has 0 atom stereocenters. The van der Waals surface area contributed by atoms with E-state index in [1.54, 1.807) is 12.4 Å². The maximum absolute atomic E-state index is 4.46. The molecule has 1 N–H and O–H groups in total. The van der Waals surface area contributed by atoms with E-state index in [4.69, 9.17) is 0 Å². The topological polar surface area (TPSA) is 87.4 Å². The minimum Gasteiger partial charge on any atom is -0.349 e. The van der Waals surface area contributed by atoms with Gasteiger partial charge in [0.2, 0.25) is 5.95 Å². The molecule has 0 saturated carbocycles. The normalized spacial score (nSPS) is 18.2. The van der Waals surface area contributed by atoms with Crippen LogP contribution >= 0.6 is 0 Å². The number of aromatic nitrogens is 5. The van der Waals surface area contributed by atoms with E-state index >= 15 is 0 Å². The van der Waals surface area contributed by atoms with Crippen molar-refractivity contribution in [2.75, 3.05) is 38.1 Å². The quantitative estimate of drug-likeness (QED) is 0.629. The van der Waals surface area contributed by atoms with Crippen LogP contribution < -0.4 is 10.2 Å². The lowest BCUT2D eigenvalue weighted by molar-refractivity contribution is 0.369. The van der Waals surface area contributed by atoms with Crippen LogP contribution in [0.3, 0.4) is 0 Å². The first-order chi connectivity index (χ1) is 13.3. The molecule has 2 aliphatic heterocycles. The maximum atomic E-state index is 4.46. The van der Waals surface area contributed by atoms with Crippen molar-refractivity contribution in [1.29, 1.82) is 0 Å². The summed E-state index contributed by atoms with van der Waals surface area (Å²) in [5.41, 5.74) is 0. The molecule has 4 heterocycles. The van der Waals surface area contributed by atoms with Crippen molar-refractivity contribution in [2.45, 2.75) is 38.8 Å². The molecule has 0 aliphatic carbocycles.